The second-order valence-electron chi connectivity index (χ2n) is 5.12. The molecule has 18 heavy (non-hydrogen) atoms. The Balaban J connectivity index is 2.65. The molecule has 0 aromatic heterocycles. The van der Waals surface area contributed by atoms with Gasteiger partial charge in [-0.05, 0) is 31.4 Å². The molecule has 3 nitrogen and oxygen atoms in total. The molecular weight excluding hydrogens is 294 g/mol. The van der Waals surface area contributed by atoms with Gasteiger partial charge in [0.05, 0.1) is 7.11 Å². The number of hydrogen-bond donors (Lipinski definition) is 2. The third-order valence-electron chi connectivity index (χ3n) is 4.09. The molecule has 0 unspecified atom stereocenters. The summed E-state index contributed by atoms with van der Waals surface area (Å²) in [6.07, 6.45) is 4.39. The number of rotatable bonds is 3. The van der Waals surface area contributed by atoms with Gasteiger partial charge in [0.15, 0.2) is 11.5 Å². The normalized spacial score (nSPS) is 18.0. The molecule has 0 radical (unpaired) electrons. The summed E-state index contributed by atoms with van der Waals surface area (Å²) >= 11 is 3.61. The van der Waals surface area contributed by atoms with Crippen LogP contribution in [0.2, 0.25) is 0 Å². The Labute approximate surface area is 116 Å². The summed E-state index contributed by atoms with van der Waals surface area (Å²) in [6, 6.07) is 1.85. The van der Waals surface area contributed by atoms with Crippen molar-refractivity contribution in [3.8, 4) is 11.5 Å². The van der Waals surface area contributed by atoms with E-state index in [1.165, 1.54) is 12.8 Å². The number of nitrogens with two attached hydrogens (primary N) is 1. The fourth-order valence-electron chi connectivity index (χ4n) is 3.00. The van der Waals surface area contributed by atoms with E-state index in [1.807, 2.05) is 13.0 Å². The Morgan fingerprint density at radius 1 is 1.44 bits per heavy atom. The molecule has 3 N–H and O–H groups in total. The van der Waals surface area contributed by atoms with E-state index in [0.29, 0.717) is 12.3 Å². The molecular formula is C14H20BrNO2. The summed E-state index contributed by atoms with van der Waals surface area (Å²) in [6.45, 7) is 2.57. The van der Waals surface area contributed by atoms with Crippen LogP contribution in [0.1, 0.15) is 36.8 Å². The van der Waals surface area contributed by atoms with Gasteiger partial charge in [-0.15, -0.1) is 0 Å². The van der Waals surface area contributed by atoms with Crippen molar-refractivity contribution in [2.75, 3.05) is 13.7 Å². The number of phenols is 1. The Bertz CT molecular complexity index is 454. The van der Waals surface area contributed by atoms with Gasteiger partial charge in [-0.3, -0.25) is 0 Å². The summed E-state index contributed by atoms with van der Waals surface area (Å²) in [5.74, 6) is 0.771. The Kier molecular flexibility index (Phi) is 3.87. The third kappa shape index (κ3) is 2.01. The second-order valence-corrected chi connectivity index (χ2v) is 5.92. The number of methoxy groups -OCH3 is 1. The molecule has 1 aliphatic carbocycles. The van der Waals surface area contributed by atoms with E-state index in [4.69, 9.17) is 10.5 Å². The van der Waals surface area contributed by atoms with Crippen LogP contribution in [0, 0.1) is 6.92 Å². The van der Waals surface area contributed by atoms with Crippen molar-refractivity contribution in [3.63, 3.8) is 0 Å². The minimum atomic E-state index is -0.109. The number of aryl methyl sites for hydroxylation is 1. The summed E-state index contributed by atoms with van der Waals surface area (Å²) in [4.78, 5) is 0. The summed E-state index contributed by atoms with van der Waals surface area (Å²) in [7, 11) is 1.58. The van der Waals surface area contributed by atoms with Gasteiger partial charge in [-0.25, -0.2) is 0 Å². The van der Waals surface area contributed by atoms with Gasteiger partial charge < -0.3 is 15.6 Å². The van der Waals surface area contributed by atoms with Crippen LogP contribution >= 0.6 is 15.9 Å². The highest BCUT2D eigenvalue weighted by Gasteiger charge is 2.39. The smallest absolute Gasteiger partial charge is 0.162 e. The fourth-order valence-corrected chi connectivity index (χ4v) is 3.72. The maximum absolute atomic E-state index is 10.4. The lowest BCUT2D eigenvalue weighted by Crippen LogP contribution is -2.32. The predicted molar refractivity (Wildman–Crippen MR) is 76.3 cm³/mol. The van der Waals surface area contributed by atoms with Gasteiger partial charge in [0.25, 0.3) is 0 Å². The Hall–Kier alpha value is -0.740. The third-order valence-corrected chi connectivity index (χ3v) is 5.11. The van der Waals surface area contributed by atoms with E-state index in [0.717, 1.165) is 28.4 Å². The van der Waals surface area contributed by atoms with Crippen LogP contribution in [0.3, 0.4) is 0 Å². The summed E-state index contributed by atoms with van der Waals surface area (Å²) in [5, 5.41) is 10.4. The molecule has 0 amide bonds. The number of benzene rings is 1. The number of ether oxygens (including phenoxy) is 1. The highest BCUT2D eigenvalue weighted by atomic mass is 79.9. The van der Waals surface area contributed by atoms with Crippen molar-refractivity contribution < 1.29 is 9.84 Å². The molecule has 1 aromatic carbocycles. The van der Waals surface area contributed by atoms with Crippen molar-refractivity contribution in [1.29, 1.82) is 0 Å². The fraction of sp³-hybridized carbons (Fsp3) is 0.571. The average Bonchev–Trinajstić information content (AvgIpc) is 2.84. The van der Waals surface area contributed by atoms with E-state index in [2.05, 4.69) is 15.9 Å². The largest absolute Gasteiger partial charge is 0.504 e. The number of aromatic hydroxyl groups is 1. The van der Waals surface area contributed by atoms with E-state index < -0.39 is 0 Å². The van der Waals surface area contributed by atoms with Gasteiger partial charge in [0.1, 0.15) is 0 Å². The van der Waals surface area contributed by atoms with Crippen molar-refractivity contribution in [2.24, 2.45) is 5.73 Å². The zero-order chi connectivity index (χ0) is 13.3. The lowest BCUT2D eigenvalue weighted by Gasteiger charge is -2.31. The minimum absolute atomic E-state index is 0.109. The second kappa shape index (κ2) is 5.10. The molecule has 1 aromatic rings. The van der Waals surface area contributed by atoms with Gasteiger partial charge in [-0.2, -0.15) is 0 Å². The number of halogens is 1. The van der Waals surface area contributed by atoms with Crippen LogP contribution < -0.4 is 10.5 Å². The minimum Gasteiger partial charge on any atom is -0.504 e. The van der Waals surface area contributed by atoms with Crippen LogP contribution in [0.5, 0.6) is 11.5 Å². The molecule has 0 bridgehead atoms. The predicted octanol–water partition coefficient (Wildman–Crippen LogP) is 3.24. The quantitative estimate of drug-likeness (QED) is 0.900. The van der Waals surface area contributed by atoms with Crippen molar-refractivity contribution in [3.05, 3.63) is 21.7 Å². The van der Waals surface area contributed by atoms with Crippen LogP contribution in [-0.4, -0.2) is 18.8 Å². The monoisotopic (exact) mass is 313 g/mol. The van der Waals surface area contributed by atoms with Crippen LogP contribution in [0.25, 0.3) is 0 Å². The topological polar surface area (TPSA) is 55.5 Å². The SMILES string of the molecule is COc1cc(C)c(Br)c(C2(CN)CCCC2)c1O. The first-order valence-electron chi connectivity index (χ1n) is 6.32. The number of phenolic OH excluding ortho intramolecular Hbond substituents is 1. The van der Waals surface area contributed by atoms with Crippen LogP contribution in [0.4, 0.5) is 0 Å². The highest BCUT2D eigenvalue weighted by molar-refractivity contribution is 9.10. The first-order valence-corrected chi connectivity index (χ1v) is 7.11. The molecule has 0 atom stereocenters. The molecule has 1 saturated carbocycles. The molecule has 4 heteroatoms. The molecule has 2 rings (SSSR count). The highest BCUT2D eigenvalue weighted by Crippen LogP contribution is 2.50. The van der Waals surface area contributed by atoms with Gasteiger partial charge in [0, 0.05) is 22.0 Å². The van der Waals surface area contributed by atoms with Gasteiger partial charge in [0.2, 0.25) is 0 Å². The number of hydrogen-bond acceptors (Lipinski definition) is 3. The van der Waals surface area contributed by atoms with E-state index in [1.54, 1.807) is 7.11 Å². The maximum Gasteiger partial charge on any atom is 0.162 e. The summed E-state index contributed by atoms with van der Waals surface area (Å²) < 4.78 is 6.22. The van der Waals surface area contributed by atoms with E-state index in [9.17, 15) is 5.11 Å². The molecule has 0 aliphatic heterocycles. The molecule has 1 aliphatic rings. The Morgan fingerprint density at radius 2 is 2.06 bits per heavy atom. The lowest BCUT2D eigenvalue weighted by molar-refractivity contribution is 0.353. The molecule has 100 valence electrons. The van der Waals surface area contributed by atoms with E-state index >= 15 is 0 Å². The molecule has 1 fully saturated rings. The van der Waals surface area contributed by atoms with Gasteiger partial charge in [-0.1, -0.05) is 28.8 Å². The first-order chi connectivity index (χ1) is 8.55. The summed E-state index contributed by atoms with van der Waals surface area (Å²) in [5.41, 5.74) is 7.90. The zero-order valence-electron chi connectivity index (χ0n) is 10.9. The molecule has 0 heterocycles. The van der Waals surface area contributed by atoms with Crippen molar-refractivity contribution in [2.45, 2.75) is 38.0 Å². The standard InChI is InChI=1S/C14H20BrNO2/c1-9-7-10(18-2)13(17)11(12(9)15)14(8-16)5-3-4-6-14/h7,17H,3-6,8,16H2,1-2H3. The zero-order valence-corrected chi connectivity index (χ0v) is 12.5. The van der Waals surface area contributed by atoms with Crippen molar-refractivity contribution in [1.82, 2.24) is 0 Å². The van der Waals surface area contributed by atoms with Gasteiger partial charge >= 0.3 is 0 Å². The van der Waals surface area contributed by atoms with Crippen LogP contribution in [0.15, 0.2) is 10.5 Å². The maximum atomic E-state index is 10.4. The first kappa shape index (κ1) is 13.7. The molecule has 0 saturated heterocycles. The Morgan fingerprint density at radius 3 is 2.56 bits per heavy atom. The van der Waals surface area contributed by atoms with Crippen molar-refractivity contribution >= 4 is 15.9 Å². The lowest BCUT2D eigenvalue weighted by atomic mass is 9.77. The average molecular weight is 314 g/mol. The molecule has 0 spiro atoms. The van der Waals surface area contributed by atoms with Crippen LogP contribution in [-0.2, 0) is 5.41 Å². The van der Waals surface area contributed by atoms with E-state index in [-0.39, 0.29) is 11.2 Å².